The second-order valence-electron chi connectivity index (χ2n) is 6.19. The molecule has 0 saturated heterocycles. The van der Waals surface area contributed by atoms with Gasteiger partial charge in [0, 0.05) is 33.2 Å². The van der Waals surface area contributed by atoms with Crippen molar-refractivity contribution in [1.82, 2.24) is 10.6 Å². The molecule has 0 aliphatic heterocycles. The first kappa shape index (κ1) is 26.7. The van der Waals surface area contributed by atoms with Crippen LogP contribution in [0.4, 0.5) is 0 Å². The van der Waals surface area contributed by atoms with Gasteiger partial charge in [-0.15, -0.1) is 24.0 Å². The SMILES string of the molecule is CCOC(CCNC(=NC)NCCCCCCC(=O)OC)C(C)C.I. The molecule has 0 aliphatic rings. The number of nitrogens with zero attached hydrogens (tertiary/aromatic N) is 1. The van der Waals surface area contributed by atoms with Crippen LogP contribution >= 0.6 is 24.0 Å². The van der Waals surface area contributed by atoms with Crippen LogP contribution in [0.1, 0.15) is 59.3 Å². The number of guanidine groups is 1. The molecule has 0 aromatic heterocycles. The first-order chi connectivity index (χ1) is 11.5. The van der Waals surface area contributed by atoms with Crippen molar-refractivity contribution in [2.45, 2.75) is 65.4 Å². The van der Waals surface area contributed by atoms with Gasteiger partial charge in [0.25, 0.3) is 0 Å². The van der Waals surface area contributed by atoms with Crippen molar-refractivity contribution in [2.75, 3.05) is 33.9 Å². The van der Waals surface area contributed by atoms with Gasteiger partial charge >= 0.3 is 5.97 Å². The molecule has 6 nitrogen and oxygen atoms in total. The van der Waals surface area contributed by atoms with E-state index in [2.05, 4.69) is 34.2 Å². The van der Waals surface area contributed by atoms with Crippen LogP contribution in [0.15, 0.2) is 4.99 Å². The molecule has 1 atom stereocenters. The number of carbonyl (C=O) groups is 1. The summed E-state index contributed by atoms with van der Waals surface area (Å²) in [4.78, 5) is 15.2. The van der Waals surface area contributed by atoms with Gasteiger partial charge in [0.2, 0.25) is 0 Å². The van der Waals surface area contributed by atoms with Crippen molar-refractivity contribution in [3.8, 4) is 0 Å². The molecule has 1 unspecified atom stereocenters. The predicted molar refractivity (Wildman–Crippen MR) is 115 cm³/mol. The number of unbranched alkanes of at least 4 members (excludes halogenated alkanes) is 3. The van der Waals surface area contributed by atoms with Gasteiger partial charge in [0.1, 0.15) is 0 Å². The van der Waals surface area contributed by atoms with Crippen LogP contribution in [-0.2, 0) is 14.3 Å². The monoisotopic (exact) mass is 471 g/mol. The van der Waals surface area contributed by atoms with Gasteiger partial charge in [-0.1, -0.05) is 26.7 Å². The normalized spacial score (nSPS) is 12.5. The van der Waals surface area contributed by atoms with Gasteiger partial charge in [-0.3, -0.25) is 9.79 Å². The molecular weight excluding hydrogens is 433 g/mol. The fraction of sp³-hybridized carbons (Fsp3) is 0.889. The Bertz CT molecular complexity index is 352. The number of nitrogens with one attached hydrogen (secondary N) is 2. The standard InChI is InChI=1S/C18H37N3O3.HI/c1-6-24-16(15(2)3)12-14-21-18(19-4)20-13-10-8-7-9-11-17(22)23-5;/h15-16H,6-14H2,1-5H3,(H2,19,20,21);1H. The molecule has 0 heterocycles. The number of esters is 1. The summed E-state index contributed by atoms with van der Waals surface area (Å²) in [6.45, 7) is 8.90. The zero-order chi connectivity index (χ0) is 18.2. The maximum atomic E-state index is 11.0. The van der Waals surface area contributed by atoms with E-state index in [4.69, 9.17) is 4.74 Å². The highest BCUT2D eigenvalue weighted by molar-refractivity contribution is 14.0. The Morgan fingerprint density at radius 1 is 1.08 bits per heavy atom. The summed E-state index contributed by atoms with van der Waals surface area (Å²) in [5.74, 6) is 1.24. The lowest BCUT2D eigenvalue weighted by Gasteiger charge is -2.21. The van der Waals surface area contributed by atoms with Crippen molar-refractivity contribution in [2.24, 2.45) is 10.9 Å². The van der Waals surface area contributed by atoms with Crippen molar-refractivity contribution >= 4 is 35.9 Å². The van der Waals surface area contributed by atoms with Crippen molar-refractivity contribution in [3.05, 3.63) is 0 Å². The van der Waals surface area contributed by atoms with Crippen LogP contribution in [0.25, 0.3) is 0 Å². The van der Waals surface area contributed by atoms with Crippen molar-refractivity contribution in [1.29, 1.82) is 0 Å². The van der Waals surface area contributed by atoms with Gasteiger partial charge in [-0.25, -0.2) is 0 Å². The third-order valence-electron chi connectivity index (χ3n) is 3.90. The Hall–Kier alpha value is -0.570. The average molecular weight is 471 g/mol. The molecule has 0 spiro atoms. The smallest absolute Gasteiger partial charge is 0.305 e. The number of rotatable bonds is 13. The number of ether oxygens (including phenoxy) is 2. The molecule has 0 aromatic carbocycles. The van der Waals surface area contributed by atoms with E-state index in [1.165, 1.54) is 7.11 Å². The average Bonchev–Trinajstić information content (AvgIpc) is 2.57. The van der Waals surface area contributed by atoms with Gasteiger partial charge in [-0.2, -0.15) is 0 Å². The molecule has 0 bridgehead atoms. The molecule has 0 saturated carbocycles. The molecule has 7 heteroatoms. The van der Waals surface area contributed by atoms with E-state index in [0.29, 0.717) is 12.3 Å². The maximum Gasteiger partial charge on any atom is 0.305 e. The lowest BCUT2D eigenvalue weighted by atomic mass is 10.0. The van der Waals surface area contributed by atoms with Gasteiger partial charge in [0.05, 0.1) is 13.2 Å². The summed E-state index contributed by atoms with van der Waals surface area (Å²) >= 11 is 0. The molecule has 0 radical (unpaired) electrons. The number of methoxy groups -OCH3 is 1. The van der Waals surface area contributed by atoms with E-state index in [0.717, 1.165) is 57.8 Å². The summed E-state index contributed by atoms with van der Waals surface area (Å²) in [6.07, 6.45) is 5.89. The second-order valence-corrected chi connectivity index (χ2v) is 6.19. The molecule has 0 aromatic rings. The Morgan fingerprint density at radius 3 is 2.28 bits per heavy atom. The Kier molecular flexibility index (Phi) is 19.4. The van der Waals surface area contributed by atoms with E-state index in [9.17, 15) is 4.79 Å². The minimum absolute atomic E-state index is 0. The fourth-order valence-electron chi connectivity index (χ4n) is 2.43. The Labute approximate surface area is 170 Å². The summed E-state index contributed by atoms with van der Waals surface area (Å²) in [6, 6.07) is 0. The van der Waals surface area contributed by atoms with E-state index >= 15 is 0 Å². The second kappa shape index (κ2) is 18.2. The van der Waals surface area contributed by atoms with Gasteiger partial charge in [-0.05, 0) is 32.1 Å². The summed E-state index contributed by atoms with van der Waals surface area (Å²) in [5, 5.41) is 6.66. The lowest BCUT2D eigenvalue weighted by Crippen LogP contribution is -2.39. The molecule has 0 fully saturated rings. The first-order valence-corrected chi connectivity index (χ1v) is 9.18. The summed E-state index contributed by atoms with van der Waals surface area (Å²) < 4.78 is 10.4. The third-order valence-corrected chi connectivity index (χ3v) is 3.90. The number of carbonyl (C=O) groups excluding carboxylic acids is 1. The van der Waals surface area contributed by atoms with Gasteiger partial charge in [0.15, 0.2) is 5.96 Å². The number of hydrogen-bond donors (Lipinski definition) is 2. The lowest BCUT2D eigenvalue weighted by molar-refractivity contribution is -0.140. The van der Waals surface area contributed by atoms with Crippen LogP contribution in [-0.4, -0.2) is 51.9 Å². The van der Waals surface area contributed by atoms with E-state index in [1.807, 2.05) is 6.92 Å². The van der Waals surface area contributed by atoms with Crippen molar-refractivity contribution in [3.63, 3.8) is 0 Å². The Balaban J connectivity index is 0. The highest BCUT2D eigenvalue weighted by atomic mass is 127. The van der Waals surface area contributed by atoms with Gasteiger partial charge < -0.3 is 20.1 Å². The fourth-order valence-corrected chi connectivity index (χ4v) is 2.43. The van der Waals surface area contributed by atoms with Crippen LogP contribution in [0.2, 0.25) is 0 Å². The predicted octanol–water partition coefficient (Wildman–Crippen LogP) is 3.34. The van der Waals surface area contributed by atoms with Crippen LogP contribution in [0.5, 0.6) is 0 Å². The highest BCUT2D eigenvalue weighted by Crippen LogP contribution is 2.09. The topological polar surface area (TPSA) is 72.0 Å². The van der Waals surface area contributed by atoms with Crippen LogP contribution < -0.4 is 10.6 Å². The van der Waals surface area contributed by atoms with E-state index in [1.54, 1.807) is 7.05 Å². The molecule has 2 N–H and O–H groups in total. The van der Waals surface area contributed by atoms with Crippen molar-refractivity contribution < 1.29 is 14.3 Å². The number of aliphatic imine (C=N–C) groups is 1. The largest absolute Gasteiger partial charge is 0.469 e. The zero-order valence-electron chi connectivity index (χ0n) is 16.6. The molecule has 0 amide bonds. The zero-order valence-corrected chi connectivity index (χ0v) is 18.9. The van der Waals surface area contributed by atoms with E-state index in [-0.39, 0.29) is 36.0 Å². The minimum Gasteiger partial charge on any atom is -0.469 e. The highest BCUT2D eigenvalue weighted by Gasteiger charge is 2.12. The van der Waals surface area contributed by atoms with Crippen LogP contribution in [0.3, 0.4) is 0 Å². The first-order valence-electron chi connectivity index (χ1n) is 9.18. The molecular formula is C18H38IN3O3. The number of halogens is 1. The van der Waals surface area contributed by atoms with E-state index < -0.39 is 0 Å². The number of hydrogen-bond acceptors (Lipinski definition) is 4. The quantitative estimate of drug-likeness (QED) is 0.142. The van der Waals surface area contributed by atoms with Crippen LogP contribution in [0, 0.1) is 5.92 Å². The Morgan fingerprint density at radius 2 is 1.72 bits per heavy atom. The minimum atomic E-state index is -0.121. The maximum absolute atomic E-state index is 11.0. The third kappa shape index (κ3) is 15.4. The summed E-state index contributed by atoms with van der Waals surface area (Å²) in [5.41, 5.74) is 0. The summed E-state index contributed by atoms with van der Waals surface area (Å²) in [7, 11) is 3.22. The molecule has 150 valence electrons. The molecule has 25 heavy (non-hydrogen) atoms. The molecule has 0 rings (SSSR count). The molecule has 0 aliphatic carbocycles.